The number of carbonyl (C=O) groups excluding carboxylic acids is 1. The Labute approximate surface area is 226 Å². The number of carbonyl (C=O) groups is 1. The highest BCUT2D eigenvalue weighted by atomic mass is 19.1. The number of anilines is 3. The molecule has 5 rings (SSSR count). The Hall–Kier alpha value is -5.59. The summed E-state index contributed by atoms with van der Waals surface area (Å²) in [7, 11) is 1.77. The highest BCUT2D eigenvalue weighted by molar-refractivity contribution is 6.01. The van der Waals surface area contributed by atoms with Crippen molar-refractivity contribution in [3.05, 3.63) is 91.4 Å². The van der Waals surface area contributed by atoms with Gasteiger partial charge in [-0.2, -0.15) is 5.10 Å². The van der Waals surface area contributed by atoms with E-state index in [0.29, 0.717) is 33.8 Å². The lowest BCUT2D eigenvalue weighted by molar-refractivity contribution is -0.114. The van der Waals surface area contributed by atoms with E-state index >= 15 is 4.39 Å². The molecular weight excluding hydrogens is 520 g/mol. The minimum absolute atomic E-state index is 0.0161. The monoisotopic (exact) mass is 541 g/mol. The van der Waals surface area contributed by atoms with E-state index in [4.69, 9.17) is 4.74 Å². The van der Waals surface area contributed by atoms with Crippen molar-refractivity contribution < 1.29 is 18.3 Å². The Balaban J connectivity index is 1.54. The van der Waals surface area contributed by atoms with Gasteiger partial charge >= 0.3 is 6.01 Å². The third kappa shape index (κ3) is 5.93. The summed E-state index contributed by atoms with van der Waals surface area (Å²) in [6.45, 7) is 4.77. The van der Waals surface area contributed by atoms with Gasteiger partial charge in [-0.15, -0.1) is 0 Å². The summed E-state index contributed by atoms with van der Waals surface area (Å²) < 4.78 is 35.6. The summed E-state index contributed by atoms with van der Waals surface area (Å²) in [6, 6.07) is 7.62. The Bertz CT molecular complexity index is 1740. The van der Waals surface area contributed by atoms with Gasteiger partial charge in [-0.3, -0.25) is 14.5 Å². The molecule has 0 aliphatic carbocycles. The van der Waals surface area contributed by atoms with Crippen molar-refractivity contribution in [1.29, 1.82) is 0 Å². The first-order valence-electron chi connectivity index (χ1n) is 11.8. The largest absolute Gasteiger partial charge is 0.421 e. The van der Waals surface area contributed by atoms with E-state index in [-0.39, 0.29) is 23.4 Å². The van der Waals surface area contributed by atoms with Crippen molar-refractivity contribution in [3.8, 4) is 34.1 Å². The topological polar surface area (TPSA) is 133 Å². The maximum Gasteiger partial charge on any atom is 0.322 e. The Morgan fingerprint density at radius 1 is 1.02 bits per heavy atom. The van der Waals surface area contributed by atoms with Crippen LogP contribution in [0.4, 0.5) is 26.1 Å². The van der Waals surface area contributed by atoms with Crippen LogP contribution in [0.25, 0.3) is 22.4 Å². The van der Waals surface area contributed by atoms with Gasteiger partial charge in [-0.25, -0.2) is 28.7 Å². The normalized spacial score (nSPS) is 10.7. The molecule has 0 saturated carbocycles. The summed E-state index contributed by atoms with van der Waals surface area (Å²) in [5.41, 5.74) is 3.22. The van der Waals surface area contributed by atoms with Gasteiger partial charge in [0, 0.05) is 48.7 Å². The molecule has 11 nitrogen and oxygen atoms in total. The van der Waals surface area contributed by atoms with E-state index in [2.05, 4.69) is 47.2 Å². The summed E-state index contributed by atoms with van der Waals surface area (Å²) >= 11 is 0. The van der Waals surface area contributed by atoms with Gasteiger partial charge in [0.2, 0.25) is 5.95 Å². The van der Waals surface area contributed by atoms with Gasteiger partial charge in [0.25, 0.3) is 5.91 Å². The number of benzene rings is 1. The van der Waals surface area contributed by atoms with Crippen LogP contribution >= 0.6 is 0 Å². The smallest absolute Gasteiger partial charge is 0.322 e. The zero-order valence-electron chi connectivity index (χ0n) is 21.3. The molecule has 4 heterocycles. The Kier molecular flexibility index (Phi) is 7.18. The molecule has 0 aliphatic rings. The van der Waals surface area contributed by atoms with Gasteiger partial charge in [-0.05, 0) is 36.8 Å². The Morgan fingerprint density at radius 2 is 1.88 bits per heavy atom. The molecule has 2 N–H and O–H groups in total. The van der Waals surface area contributed by atoms with Crippen LogP contribution in [0.15, 0.2) is 79.9 Å². The fourth-order valence-electron chi connectivity index (χ4n) is 3.65. The third-order valence-electron chi connectivity index (χ3n) is 5.48. The number of nitrogens with zero attached hydrogens (tertiary/aromatic N) is 7. The van der Waals surface area contributed by atoms with Crippen molar-refractivity contribution in [3.63, 3.8) is 0 Å². The first-order valence-corrected chi connectivity index (χ1v) is 11.8. The molecule has 0 saturated heterocycles. The number of hydrogen-bond donors (Lipinski definition) is 2. The molecule has 0 bridgehead atoms. The van der Waals surface area contributed by atoms with Crippen molar-refractivity contribution >= 4 is 23.2 Å². The summed E-state index contributed by atoms with van der Waals surface area (Å²) in [4.78, 5) is 33.1. The average molecular weight is 542 g/mol. The van der Waals surface area contributed by atoms with Crippen molar-refractivity contribution in [2.24, 2.45) is 7.05 Å². The predicted octanol–water partition coefficient (Wildman–Crippen LogP) is 5.13. The fraction of sp³-hybridized carbons (Fsp3) is 0.0741. The van der Waals surface area contributed by atoms with E-state index in [1.807, 2.05) is 0 Å². The van der Waals surface area contributed by atoms with Gasteiger partial charge < -0.3 is 15.4 Å². The lowest BCUT2D eigenvalue weighted by atomic mass is 10.0. The predicted molar refractivity (Wildman–Crippen MR) is 143 cm³/mol. The molecule has 1 amide bonds. The molecule has 13 heteroatoms. The Morgan fingerprint density at radius 3 is 2.60 bits per heavy atom. The molecule has 1 aromatic carbocycles. The second kappa shape index (κ2) is 11.0. The number of rotatable bonds is 8. The van der Waals surface area contributed by atoms with Crippen LogP contribution in [0.3, 0.4) is 0 Å². The highest BCUT2D eigenvalue weighted by Crippen LogP contribution is 2.34. The first kappa shape index (κ1) is 26.0. The van der Waals surface area contributed by atoms with Crippen molar-refractivity contribution in [1.82, 2.24) is 34.7 Å². The SMILES string of the molecule is C=C(F)C(=O)Nc1cncc(-c2nc(Nc3cnn(C)c3)ncc2-c2ccc(Oc3nccc(C)n3)c(F)c2)c1. The van der Waals surface area contributed by atoms with Crippen LogP contribution < -0.4 is 15.4 Å². The summed E-state index contributed by atoms with van der Waals surface area (Å²) in [6.07, 6.45) is 9.23. The number of pyridine rings is 1. The first-order chi connectivity index (χ1) is 19.2. The standard InChI is InChI=1S/C27H21F2N9O2/c1-15-6-7-31-27(34-15)40-23-5-4-17(9-22(23)29)21-13-32-26(36-20-12-33-38(3)14-20)37-24(21)18-8-19(11-30-10-18)35-25(39)16(2)28/h4-14H,2H2,1,3H3,(H,35,39)(H,32,36,37). The van der Waals surface area contributed by atoms with Gasteiger partial charge in [-0.1, -0.05) is 12.6 Å². The molecule has 5 aromatic rings. The molecule has 0 radical (unpaired) electrons. The molecule has 0 atom stereocenters. The molecule has 4 aromatic heterocycles. The molecule has 40 heavy (non-hydrogen) atoms. The lowest BCUT2D eigenvalue weighted by Crippen LogP contribution is -2.11. The quantitative estimate of drug-likeness (QED) is 0.256. The average Bonchev–Trinajstić information content (AvgIpc) is 3.34. The maximum absolute atomic E-state index is 15.2. The molecule has 0 aliphatic heterocycles. The second-order valence-corrected chi connectivity index (χ2v) is 8.53. The number of hydrogen-bond acceptors (Lipinski definition) is 9. The van der Waals surface area contributed by atoms with Crippen molar-refractivity contribution in [2.45, 2.75) is 6.92 Å². The van der Waals surface area contributed by atoms with Crippen LogP contribution in [0.5, 0.6) is 11.8 Å². The minimum Gasteiger partial charge on any atom is -0.421 e. The molecular formula is C27H21F2N9O2. The van der Waals surface area contributed by atoms with Crippen LogP contribution in [-0.4, -0.2) is 40.6 Å². The molecule has 0 fully saturated rings. The molecule has 0 unspecified atom stereocenters. The van der Waals surface area contributed by atoms with E-state index in [1.165, 1.54) is 36.9 Å². The zero-order chi connectivity index (χ0) is 28.2. The second-order valence-electron chi connectivity index (χ2n) is 8.53. The van der Waals surface area contributed by atoms with E-state index in [1.54, 1.807) is 49.2 Å². The number of amides is 1. The number of halogens is 2. The zero-order valence-corrected chi connectivity index (χ0v) is 21.3. The van der Waals surface area contributed by atoms with Gasteiger partial charge in [0.15, 0.2) is 17.4 Å². The van der Waals surface area contributed by atoms with E-state index in [0.717, 1.165) is 0 Å². The number of aryl methyl sites for hydroxylation is 2. The van der Waals surface area contributed by atoms with Gasteiger partial charge in [0.05, 0.1) is 29.5 Å². The molecule has 200 valence electrons. The van der Waals surface area contributed by atoms with E-state index < -0.39 is 17.6 Å². The third-order valence-corrected chi connectivity index (χ3v) is 5.48. The minimum atomic E-state index is -1.15. The van der Waals surface area contributed by atoms with Crippen molar-refractivity contribution in [2.75, 3.05) is 10.6 Å². The molecule has 0 spiro atoms. The van der Waals surface area contributed by atoms with E-state index in [9.17, 15) is 9.18 Å². The summed E-state index contributed by atoms with van der Waals surface area (Å²) in [5, 5.41) is 9.55. The maximum atomic E-state index is 15.2. The van der Waals surface area contributed by atoms with Crippen LogP contribution in [0.2, 0.25) is 0 Å². The fourth-order valence-corrected chi connectivity index (χ4v) is 3.65. The van der Waals surface area contributed by atoms with Crippen LogP contribution in [0.1, 0.15) is 5.69 Å². The van der Waals surface area contributed by atoms with Crippen LogP contribution in [0, 0.1) is 12.7 Å². The lowest BCUT2D eigenvalue weighted by Gasteiger charge is -2.13. The van der Waals surface area contributed by atoms with Crippen LogP contribution in [-0.2, 0) is 11.8 Å². The number of nitrogens with one attached hydrogen (secondary N) is 2. The highest BCUT2D eigenvalue weighted by Gasteiger charge is 2.17. The number of aromatic nitrogens is 7. The van der Waals surface area contributed by atoms with Gasteiger partial charge in [0.1, 0.15) is 0 Å². The summed E-state index contributed by atoms with van der Waals surface area (Å²) in [5.74, 6) is -2.65. The number of ether oxygens (including phenoxy) is 1.